The molecular formula is C28H27N3O. The molecule has 0 bridgehead atoms. The van der Waals surface area contributed by atoms with Crippen molar-refractivity contribution in [1.82, 2.24) is 4.98 Å². The molecule has 32 heavy (non-hydrogen) atoms. The molecule has 1 N–H and O–H groups in total. The molecule has 3 aromatic rings. The lowest BCUT2D eigenvalue weighted by atomic mass is 10.0. The van der Waals surface area contributed by atoms with Crippen molar-refractivity contribution < 1.29 is 4.42 Å². The highest BCUT2D eigenvalue weighted by Gasteiger charge is 2.15. The monoisotopic (exact) mass is 421 g/mol. The Labute approximate surface area is 188 Å². The van der Waals surface area contributed by atoms with Crippen LogP contribution >= 0.6 is 0 Å². The zero-order valence-corrected chi connectivity index (χ0v) is 18.3. The van der Waals surface area contributed by atoms with Crippen LogP contribution in [0.2, 0.25) is 0 Å². The third kappa shape index (κ3) is 4.22. The van der Waals surface area contributed by atoms with E-state index in [-0.39, 0.29) is 0 Å². The molecule has 5 rings (SSSR count). The first kappa shape index (κ1) is 20.3. The van der Waals surface area contributed by atoms with Crippen LogP contribution in [0.1, 0.15) is 32.6 Å². The minimum Gasteiger partial charge on any atom is -0.453 e. The van der Waals surface area contributed by atoms with Gasteiger partial charge in [-0.25, -0.2) is 9.98 Å². The lowest BCUT2D eigenvalue weighted by molar-refractivity contribution is 0.613. The van der Waals surface area contributed by atoms with Crippen molar-refractivity contribution in [2.45, 2.75) is 32.6 Å². The molecule has 0 saturated heterocycles. The van der Waals surface area contributed by atoms with Gasteiger partial charge in [0.05, 0.1) is 11.0 Å². The van der Waals surface area contributed by atoms with Gasteiger partial charge in [-0.05, 0) is 30.7 Å². The van der Waals surface area contributed by atoms with Gasteiger partial charge < -0.3 is 9.73 Å². The van der Waals surface area contributed by atoms with Gasteiger partial charge in [0, 0.05) is 35.1 Å². The van der Waals surface area contributed by atoms with E-state index in [1.807, 2.05) is 60.7 Å². The van der Waals surface area contributed by atoms with Crippen molar-refractivity contribution in [3.8, 4) is 11.5 Å². The van der Waals surface area contributed by atoms with Crippen LogP contribution in [0.25, 0.3) is 33.3 Å². The maximum atomic E-state index is 6.36. The highest BCUT2D eigenvalue weighted by Crippen LogP contribution is 2.31. The molecule has 1 aliphatic carbocycles. The Morgan fingerprint density at radius 2 is 1.66 bits per heavy atom. The number of aromatic nitrogens is 1. The van der Waals surface area contributed by atoms with Crippen LogP contribution in [0.5, 0.6) is 0 Å². The second kappa shape index (κ2) is 9.23. The first-order valence-electron chi connectivity index (χ1n) is 11.4. The van der Waals surface area contributed by atoms with Crippen LogP contribution in [0.3, 0.4) is 0 Å². The van der Waals surface area contributed by atoms with Crippen LogP contribution in [-0.4, -0.2) is 11.5 Å². The lowest BCUT2D eigenvalue weighted by Gasteiger charge is -2.12. The van der Waals surface area contributed by atoms with Crippen molar-refractivity contribution in [1.29, 1.82) is 0 Å². The standard InChI is InChI=1S/C28H27N3O/c1-2-3-4-10-17-29-21-15-16-24-26(18-21)32-27-19-25(30-20-11-6-5-7-12-20)22-13-8-9-14-23(22)28(27)31-24/h5-9,11-16,18-19,29H,2-4,10,17H2,1H3. The van der Waals surface area contributed by atoms with Gasteiger partial charge in [-0.2, -0.15) is 0 Å². The molecule has 0 atom stereocenters. The third-order valence-corrected chi connectivity index (χ3v) is 5.74. The second-order valence-electron chi connectivity index (χ2n) is 8.12. The highest BCUT2D eigenvalue weighted by molar-refractivity contribution is 5.96. The normalized spacial score (nSPS) is 12.1. The van der Waals surface area contributed by atoms with Crippen molar-refractivity contribution in [3.05, 3.63) is 84.2 Å². The van der Waals surface area contributed by atoms with Gasteiger partial charge in [0.2, 0.25) is 0 Å². The molecule has 0 aromatic heterocycles. The summed E-state index contributed by atoms with van der Waals surface area (Å²) in [6.07, 6.45) is 4.97. The van der Waals surface area contributed by atoms with E-state index in [4.69, 9.17) is 14.4 Å². The Kier molecular flexibility index (Phi) is 5.84. The molecule has 4 heteroatoms. The van der Waals surface area contributed by atoms with E-state index >= 15 is 0 Å². The summed E-state index contributed by atoms with van der Waals surface area (Å²) in [5.41, 5.74) is 4.47. The minimum absolute atomic E-state index is 0.742. The minimum atomic E-state index is 0.742. The molecule has 160 valence electrons. The van der Waals surface area contributed by atoms with E-state index in [1.54, 1.807) is 0 Å². The number of benzene rings is 4. The fraction of sp³-hybridized carbons (Fsp3) is 0.214. The summed E-state index contributed by atoms with van der Waals surface area (Å²) in [5, 5.41) is 6.51. The van der Waals surface area contributed by atoms with E-state index in [0.717, 1.165) is 56.6 Å². The largest absolute Gasteiger partial charge is 0.453 e. The molecule has 1 heterocycles. The Bertz CT molecular complexity index is 1390. The molecule has 3 aromatic carbocycles. The van der Waals surface area contributed by atoms with Crippen LogP contribution < -0.4 is 10.7 Å². The third-order valence-electron chi connectivity index (χ3n) is 5.74. The summed E-state index contributed by atoms with van der Waals surface area (Å²) in [7, 11) is 0. The number of anilines is 1. The molecule has 0 spiro atoms. The fourth-order valence-corrected chi connectivity index (χ4v) is 4.06. The summed E-state index contributed by atoms with van der Waals surface area (Å²) in [4.78, 5) is 9.83. The number of unbranched alkanes of at least 4 members (excludes halogenated alkanes) is 3. The molecule has 0 saturated carbocycles. The molecule has 0 amide bonds. The highest BCUT2D eigenvalue weighted by atomic mass is 16.3. The van der Waals surface area contributed by atoms with Crippen LogP contribution in [0, 0.1) is 0 Å². The average molecular weight is 422 g/mol. The summed E-state index contributed by atoms with van der Waals surface area (Å²) in [6.45, 7) is 3.20. The lowest BCUT2D eigenvalue weighted by Crippen LogP contribution is -2.06. The van der Waals surface area contributed by atoms with Crippen LogP contribution in [-0.2, 0) is 0 Å². The molecular weight excluding hydrogens is 394 g/mol. The maximum absolute atomic E-state index is 6.36. The zero-order chi connectivity index (χ0) is 21.8. The van der Waals surface area contributed by atoms with Crippen LogP contribution in [0.15, 0.2) is 88.3 Å². The Balaban J connectivity index is 1.59. The van der Waals surface area contributed by atoms with Gasteiger partial charge >= 0.3 is 0 Å². The second-order valence-corrected chi connectivity index (χ2v) is 8.12. The SMILES string of the molecule is CCCCCCNc1ccc2nc3c4ccccc4c(=Nc4ccccc4)cc-3oc2c1. The molecule has 0 radical (unpaired) electrons. The van der Waals surface area contributed by atoms with Gasteiger partial charge in [-0.3, -0.25) is 0 Å². The van der Waals surface area contributed by atoms with E-state index in [0.29, 0.717) is 0 Å². The molecule has 1 aliphatic heterocycles. The smallest absolute Gasteiger partial charge is 0.155 e. The van der Waals surface area contributed by atoms with Gasteiger partial charge in [-0.1, -0.05) is 68.7 Å². The quantitative estimate of drug-likeness (QED) is 0.170. The molecule has 2 aliphatic rings. The zero-order valence-electron chi connectivity index (χ0n) is 18.3. The van der Waals surface area contributed by atoms with Gasteiger partial charge in [0.25, 0.3) is 0 Å². The number of hydrogen-bond donors (Lipinski definition) is 1. The maximum Gasteiger partial charge on any atom is 0.155 e. The van der Waals surface area contributed by atoms with E-state index < -0.39 is 0 Å². The molecule has 0 unspecified atom stereocenters. The van der Waals surface area contributed by atoms with E-state index in [9.17, 15) is 0 Å². The Morgan fingerprint density at radius 3 is 2.50 bits per heavy atom. The van der Waals surface area contributed by atoms with E-state index in [1.165, 1.54) is 25.7 Å². The number of hydrogen-bond acceptors (Lipinski definition) is 4. The van der Waals surface area contributed by atoms with Crippen molar-refractivity contribution >= 4 is 33.2 Å². The average Bonchev–Trinajstić information content (AvgIpc) is 2.83. The van der Waals surface area contributed by atoms with Crippen molar-refractivity contribution in [2.75, 3.05) is 11.9 Å². The predicted octanol–water partition coefficient (Wildman–Crippen LogP) is 7.31. The predicted molar refractivity (Wildman–Crippen MR) is 132 cm³/mol. The fourth-order valence-electron chi connectivity index (χ4n) is 4.06. The first-order valence-corrected chi connectivity index (χ1v) is 11.4. The van der Waals surface area contributed by atoms with Crippen molar-refractivity contribution in [2.24, 2.45) is 4.99 Å². The summed E-state index contributed by atoms with van der Waals surface area (Å²) >= 11 is 0. The number of para-hydroxylation sites is 1. The van der Waals surface area contributed by atoms with Gasteiger partial charge in [-0.15, -0.1) is 0 Å². The number of nitrogens with zero attached hydrogens (tertiary/aromatic N) is 2. The van der Waals surface area contributed by atoms with Gasteiger partial charge in [0.1, 0.15) is 11.2 Å². The van der Waals surface area contributed by atoms with E-state index in [2.05, 4.69) is 30.4 Å². The van der Waals surface area contributed by atoms with Gasteiger partial charge in [0.15, 0.2) is 11.3 Å². The Hall–Kier alpha value is -3.66. The summed E-state index contributed by atoms with van der Waals surface area (Å²) < 4.78 is 6.36. The Morgan fingerprint density at radius 1 is 0.844 bits per heavy atom. The molecule has 4 nitrogen and oxygen atoms in total. The molecule has 0 fully saturated rings. The van der Waals surface area contributed by atoms with Crippen molar-refractivity contribution in [3.63, 3.8) is 0 Å². The van der Waals surface area contributed by atoms with Crippen LogP contribution in [0.4, 0.5) is 11.4 Å². The number of nitrogens with one attached hydrogen (secondary N) is 1. The number of rotatable bonds is 7. The summed E-state index contributed by atoms with van der Waals surface area (Å²) in [6, 6.07) is 26.4. The summed E-state index contributed by atoms with van der Waals surface area (Å²) in [5.74, 6) is 0.742. The first-order chi connectivity index (χ1) is 15.8. The topological polar surface area (TPSA) is 50.4 Å². The number of fused-ring (bicyclic) bond motifs is 4.